The van der Waals surface area contributed by atoms with Crippen LogP contribution in [0.15, 0.2) is 12.1 Å². The van der Waals surface area contributed by atoms with Crippen molar-refractivity contribution in [1.82, 2.24) is 15.1 Å². The van der Waals surface area contributed by atoms with Gasteiger partial charge in [0.25, 0.3) is 0 Å². The molecule has 0 aromatic carbocycles. The Kier molecular flexibility index (Phi) is 3.86. The third-order valence-electron chi connectivity index (χ3n) is 2.80. The van der Waals surface area contributed by atoms with Crippen LogP contribution < -0.4 is 5.32 Å². The highest BCUT2D eigenvalue weighted by atomic mass is 35.5. The Morgan fingerprint density at radius 2 is 2.24 bits per heavy atom. The maximum Gasteiger partial charge on any atom is 0.0935 e. The Bertz CT molecular complexity index is 516. The predicted octanol–water partition coefficient (Wildman–Crippen LogP) is 2.87. The summed E-state index contributed by atoms with van der Waals surface area (Å²) in [6, 6.07) is 3.99. The molecule has 0 atom stereocenters. The number of aromatic nitrogens is 2. The average Bonchev–Trinajstić information content (AvgIpc) is 2.81. The molecule has 0 saturated carbocycles. The van der Waals surface area contributed by atoms with Crippen LogP contribution in [0, 0.1) is 6.92 Å². The van der Waals surface area contributed by atoms with Gasteiger partial charge in [0.05, 0.1) is 20.6 Å². The Hall–Kier alpha value is -0.840. The van der Waals surface area contributed by atoms with Crippen LogP contribution in [0.1, 0.15) is 11.3 Å². The Morgan fingerprint density at radius 1 is 1.47 bits per heavy atom. The van der Waals surface area contributed by atoms with E-state index in [2.05, 4.69) is 23.4 Å². The standard InChI is InChI=1S/C12H16ClN3S/c1-8-9(6-7-14-2)15-16(3)12(8)10-4-5-11(13)17-10/h4-5,14H,6-7H2,1-3H3. The highest BCUT2D eigenvalue weighted by Gasteiger charge is 2.14. The second-order valence-electron chi connectivity index (χ2n) is 4.00. The molecule has 5 heteroatoms. The van der Waals surface area contributed by atoms with Gasteiger partial charge in [-0.2, -0.15) is 5.10 Å². The van der Waals surface area contributed by atoms with E-state index in [1.807, 2.05) is 24.8 Å². The van der Waals surface area contributed by atoms with E-state index in [1.54, 1.807) is 11.3 Å². The Labute approximate surface area is 110 Å². The maximum atomic E-state index is 5.98. The summed E-state index contributed by atoms with van der Waals surface area (Å²) in [5.74, 6) is 0. The van der Waals surface area contributed by atoms with Crippen LogP contribution in [-0.2, 0) is 13.5 Å². The largest absolute Gasteiger partial charge is 0.319 e. The number of aryl methyl sites for hydroxylation is 1. The van der Waals surface area contributed by atoms with Gasteiger partial charge in [-0.25, -0.2) is 0 Å². The lowest BCUT2D eigenvalue weighted by Gasteiger charge is -1.99. The number of halogens is 1. The summed E-state index contributed by atoms with van der Waals surface area (Å²) in [4.78, 5) is 1.18. The van der Waals surface area contributed by atoms with Gasteiger partial charge in [-0.3, -0.25) is 4.68 Å². The van der Waals surface area contributed by atoms with Crippen LogP contribution in [0.3, 0.4) is 0 Å². The van der Waals surface area contributed by atoms with Gasteiger partial charge in [0.15, 0.2) is 0 Å². The molecule has 0 bridgehead atoms. The zero-order valence-electron chi connectivity index (χ0n) is 10.2. The van der Waals surface area contributed by atoms with Gasteiger partial charge >= 0.3 is 0 Å². The van der Waals surface area contributed by atoms with Crippen LogP contribution in [0.4, 0.5) is 0 Å². The van der Waals surface area contributed by atoms with Crippen molar-refractivity contribution < 1.29 is 0 Å². The minimum absolute atomic E-state index is 0.817. The normalized spacial score (nSPS) is 11.1. The number of thiophene rings is 1. The first-order valence-corrected chi connectivity index (χ1v) is 6.75. The van der Waals surface area contributed by atoms with Crippen LogP contribution in [-0.4, -0.2) is 23.4 Å². The van der Waals surface area contributed by atoms with Crippen molar-refractivity contribution in [1.29, 1.82) is 0 Å². The highest BCUT2D eigenvalue weighted by molar-refractivity contribution is 7.19. The van der Waals surface area contributed by atoms with E-state index in [0.717, 1.165) is 23.0 Å². The molecule has 1 N–H and O–H groups in total. The minimum Gasteiger partial charge on any atom is -0.319 e. The molecule has 0 aliphatic heterocycles. The average molecular weight is 270 g/mol. The number of rotatable bonds is 4. The third kappa shape index (κ3) is 2.54. The molecule has 92 valence electrons. The number of nitrogens with one attached hydrogen (secondary N) is 1. The fraction of sp³-hybridized carbons (Fsp3) is 0.417. The van der Waals surface area contributed by atoms with E-state index in [9.17, 15) is 0 Å². The zero-order valence-corrected chi connectivity index (χ0v) is 11.8. The fourth-order valence-corrected chi connectivity index (χ4v) is 3.13. The summed E-state index contributed by atoms with van der Waals surface area (Å²) in [7, 11) is 3.94. The maximum absolute atomic E-state index is 5.98. The van der Waals surface area contributed by atoms with Crippen LogP contribution >= 0.6 is 22.9 Å². The minimum atomic E-state index is 0.817. The lowest BCUT2D eigenvalue weighted by molar-refractivity contribution is 0.720. The molecule has 0 spiro atoms. The molecule has 0 radical (unpaired) electrons. The van der Waals surface area contributed by atoms with Crippen molar-refractivity contribution in [3.05, 3.63) is 27.7 Å². The Morgan fingerprint density at radius 3 is 2.82 bits per heavy atom. The van der Waals surface area contributed by atoms with E-state index in [-0.39, 0.29) is 0 Å². The summed E-state index contributed by atoms with van der Waals surface area (Å²) in [5.41, 5.74) is 3.58. The molecule has 0 unspecified atom stereocenters. The molecule has 2 rings (SSSR count). The van der Waals surface area contributed by atoms with Gasteiger partial charge in [0.1, 0.15) is 0 Å². The van der Waals surface area contributed by atoms with Crippen molar-refractivity contribution in [2.75, 3.05) is 13.6 Å². The number of likely N-dealkylation sites (N-methyl/N-ethyl adjacent to an activating group) is 1. The van der Waals surface area contributed by atoms with Crippen LogP contribution in [0.2, 0.25) is 4.34 Å². The predicted molar refractivity (Wildman–Crippen MR) is 73.9 cm³/mol. The molecule has 0 amide bonds. The SMILES string of the molecule is CNCCc1nn(C)c(-c2ccc(Cl)s2)c1C. The fourth-order valence-electron chi connectivity index (χ4n) is 1.95. The second kappa shape index (κ2) is 5.21. The summed E-state index contributed by atoms with van der Waals surface area (Å²) in [6.07, 6.45) is 0.954. The molecule has 0 aliphatic rings. The van der Waals surface area contributed by atoms with Crippen molar-refractivity contribution in [2.24, 2.45) is 7.05 Å². The Balaban J connectivity index is 2.37. The smallest absolute Gasteiger partial charge is 0.0935 e. The molecule has 0 fully saturated rings. The van der Waals surface area contributed by atoms with E-state index in [1.165, 1.54) is 16.1 Å². The number of hydrogen-bond acceptors (Lipinski definition) is 3. The van der Waals surface area contributed by atoms with E-state index in [0.29, 0.717) is 0 Å². The summed E-state index contributed by atoms with van der Waals surface area (Å²) < 4.78 is 2.76. The molecule has 2 aromatic heterocycles. The molecule has 0 saturated heterocycles. The molecule has 0 aliphatic carbocycles. The first-order valence-electron chi connectivity index (χ1n) is 5.56. The molecular weight excluding hydrogens is 254 g/mol. The topological polar surface area (TPSA) is 29.9 Å². The molecule has 17 heavy (non-hydrogen) atoms. The molecule has 3 nitrogen and oxygen atoms in total. The monoisotopic (exact) mass is 269 g/mol. The van der Waals surface area contributed by atoms with Crippen molar-refractivity contribution in [3.8, 4) is 10.6 Å². The van der Waals surface area contributed by atoms with Gasteiger partial charge in [-0.1, -0.05) is 11.6 Å². The van der Waals surface area contributed by atoms with Gasteiger partial charge in [0.2, 0.25) is 0 Å². The van der Waals surface area contributed by atoms with Crippen LogP contribution in [0.5, 0.6) is 0 Å². The van der Waals surface area contributed by atoms with Crippen molar-refractivity contribution >= 4 is 22.9 Å². The quantitative estimate of drug-likeness (QED) is 0.925. The van der Waals surface area contributed by atoms with E-state index in [4.69, 9.17) is 11.6 Å². The van der Waals surface area contributed by atoms with Crippen molar-refractivity contribution in [3.63, 3.8) is 0 Å². The first-order chi connectivity index (χ1) is 8.13. The third-order valence-corrected chi connectivity index (χ3v) is 4.04. The summed E-state index contributed by atoms with van der Waals surface area (Å²) in [6.45, 7) is 3.07. The van der Waals surface area contributed by atoms with E-state index >= 15 is 0 Å². The first kappa shape index (κ1) is 12.6. The van der Waals surface area contributed by atoms with Crippen LogP contribution in [0.25, 0.3) is 10.6 Å². The highest BCUT2D eigenvalue weighted by Crippen LogP contribution is 2.33. The molecule has 2 heterocycles. The summed E-state index contributed by atoms with van der Waals surface area (Å²) >= 11 is 7.58. The molecule has 2 aromatic rings. The summed E-state index contributed by atoms with van der Waals surface area (Å²) in [5, 5.41) is 7.72. The van der Waals surface area contributed by atoms with E-state index < -0.39 is 0 Å². The lowest BCUT2D eigenvalue weighted by Crippen LogP contribution is -2.11. The molecular formula is C12H16ClN3S. The number of nitrogens with zero attached hydrogens (tertiary/aromatic N) is 2. The van der Waals surface area contributed by atoms with Gasteiger partial charge in [0, 0.05) is 20.0 Å². The lowest BCUT2D eigenvalue weighted by atomic mass is 10.1. The van der Waals surface area contributed by atoms with Crippen molar-refractivity contribution in [2.45, 2.75) is 13.3 Å². The van der Waals surface area contributed by atoms with Gasteiger partial charge in [-0.05, 0) is 31.7 Å². The van der Waals surface area contributed by atoms with Gasteiger partial charge in [-0.15, -0.1) is 11.3 Å². The van der Waals surface area contributed by atoms with Gasteiger partial charge < -0.3 is 5.32 Å². The number of hydrogen-bond donors (Lipinski definition) is 1. The zero-order chi connectivity index (χ0) is 12.4. The second-order valence-corrected chi connectivity index (χ2v) is 5.72.